The lowest BCUT2D eigenvalue weighted by Gasteiger charge is -2.32. The summed E-state index contributed by atoms with van der Waals surface area (Å²) in [5, 5.41) is 6.77. The number of halogens is 3. The Bertz CT molecular complexity index is 3370. The van der Waals surface area contributed by atoms with Crippen molar-refractivity contribution in [1.82, 2.24) is 40.4 Å². The molecular weight excluding hydrogens is 1180 g/mol. The number of fused-ring (bicyclic) bond motifs is 2. The summed E-state index contributed by atoms with van der Waals surface area (Å²) in [4.78, 5) is 69.3. The average Bonchev–Trinajstić information content (AvgIpc) is 2.54. The van der Waals surface area contributed by atoms with Crippen LogP contribution in [0.1, 0.15) is 70.7 Å². The Hall–Kier alpha value is -7.44. The molecule has 84 heavy (non-hydrogen) atoms. The van der Waals surface area contributed by atoms with Crippen LogP contribution in [0.25, 0.3) is 23.4 Å². The van der Waals surface area contributed by atoms with Gasteiger partial charge in [-0.2, -0.15) is 0 Å². The van der Waals surface area contributed by atoms with Gasteiger partial charge in [-0.15, -0.1) is 0 Å². The van der Waals surface area contributed by atoms with Gasteiger partial charge in [0.05, 0.1) is 77.6 Å². The molecule has 0 bridgehead atoms. The van der Waals surface area contributed by atoms with E-state index in [4.69, 9.17) is 62.9 Å². The number of nitrogens with two attached hydrogens (primary N) is 2. The third kappa shape index (κ3) is 15.5. The van der Waals surface area contributed by atoms with E-state index in [2.05, 4.69) is 46.5 Å². The van der Waals surface area contributed by atoms with E-state index in [-0.39, 0.29) is 35.8 Å². The molecule has 0 radical (unpaired) electrons. The van der Waals surface area contributed by atoms with Crippen molar-refractivity contribution in [3.63, 3.8) is 0 Å². The largest absolute Gasteiger partial charge is 0.495 e. The normalized spacial score (nSPS) is 18.3. The SMILES string of the molecule is CC1(C)OB(c2ccc(Cl)c3c2CC(CNC(=O)/C=C/c2ccc(N)nc2)O3)OC1(C)C.Nc1ccc(/C=C/C(=O)NCC2Cc3c(-c4ccc(C(=O)N5CCOCC5)cn4)ccc(Cl)c3O2)cn1.O=C(c1ccc(Br)nc1)N1CCOCC1. The number of pyridine rings is 4. The number of nitrogens with one attached hydrogen (secondary N) is 2. The summed E-state index contributed by atoms with van der Waals surface area (Å²) in [6.45, 7) is 13.6. The van der Waals surface area contributed by atoms with E-state index in [1.807, 2.05) is 45.9 Å². The second-order valence-electron chi connectivity index (χ2n) is 21.1. The molecular formula is C60H64BBrCl2N10O10. The zero-order valence-corrected chi connectivity index (χ0v) is 49.9. The lowest BCUT2D eigenvalue weighted by Crippen LogP contribution is -2.41. The van der Waals surface area contributed by atoms with Crippen molar-refractivity contribution in [2.24, 2.45) is 0 Å². The molecule has 0 spiro atoms. The fourth-order valence-corrected chi connectivity index (χ4v) is 10.1. The molecule has 3 saturated heterocycles. The van der Waals surface area contributed by atoms with Crippen molar-refractivity contribution < 1.29 is 47.4 Å². The van der Waals surface area contributed by atoms with Crippen LogP contribution >= 0.6 is 39.1 Å². The van der Waals surface area contributed by atoms with Crippen LogP contribution in [0.5, 0.6) is 11.5 Å². The molecule has 24 heteroatoms. The Balaban J connectivity index is 0.000000164. The summed E-state index contributed by atoms with van der Waals surface area (Å²) in [5.41, 5.74) is 17.4. The van der Waals surface area contributed by atoms with E-state index < -0.39 is 18.3 Å². The Morgan fingerprint density at radius 3 is 1.56 bits per heavy atom. The van der Waals surface area contributed by atoms with Crippen LogP contribution in [0, 0.1) is 0 Å². The zero-order chi connectivity index (χ0) is 59.5. The number of anilines is 2. The van der Waals surface area contributed by atoms with Crippen molar-refractivity contribution in [2.45, 2.75) is 63.9 Å². The van der Waals surface area contributed by atoms with Gasteiger partial charge in [0.2, 0.25) is 11.8 Å². The summed E-state index contributed by atoms with van der Waals surface area (Å²) in [6, 6.07) is 21.5. The van der Waals surface area contributed by atoms with Gasteiger partial charge in [0.15, 0.2) is 0 Å². The third-order valence-corrected chi connectivity index (χ3v) is 15.8. The number of hydrogen-bond donors (Lipinski definition) is 4. The highest BCUT2D eigenvalue weighted by Gasteiger charge is 2.53. The Morgan fingerprint density at radius 1 is 0.619 bits per heavy atom. The number of morpholine rings is 2. The molecule has 20 nitrogen and oxygen atoms in total. The van der Waals surface area contributed by atoms with Crippen molar-refractivity contribution in [2.75, 3.05) is 77.2 Å². The highest BCUT2D eigenvalue weighted by molar-refractivity contribution is 9.10. The number of aromatic nitrogens is 4. The second kappa shape index (κ2) is 27.5. The standard InChI is InChI=1S/C27H26ClN5O4.C23H27BClN3O4.C10H11BrN2O2/c28-22-5-4-20(23-6-3-18(15-30-23)27(35)33-9-11-36-12-10-33)21-13-19(37-26(21)22)16-32-25(34)8-2-17-1-7-24(29)31-14-17;1-22(2)23(3,4)32-24(31-22)17-7-8-18(25)21-16(17)11-15(30-21)13-28-20(29)10-6-14-5-9-19(26)27-12-14;11-9-2-1-8(7-12-9)10(14)13-3-5-15-6-4-13/h1-8,14-15,19H,9-13,16H2,(H2,29,31)(H,32,34);5-10,12,15H,11,13H2,1-4H3,(H2,26,27)(H,28,29);1-2,7H,3-6H2/b8-2+;10-6+;. The number of carbonyl (C=O) groups is 4. The number of rotatable bonds is 12. The van der Waals surface area contributed by atoms with E-state index in [1.54, 1.807) is 101 Å². The number of carbonyl (C=O) groups excluding carboxylic acids is 4. The highest BCUT2D eigenvalue weighted by Crippen LogP contribution is 2.42. The minimum absolute atomic E-state index is 0.0262. The van der Waals surface area contributed by atoms with Crippen LogP contribution < -0.4 is 37.0 Å². The van der Waals surface area contributed by atoms with Crippen molar-refractivity contribution in [1.29, 1.82) is 0 Å². The number of nitrogen functional groups attached to an aromatic ring is 2. The minimum atomic E-state index is -0.501. The number of benzene rings is 2. The number of ether oxygens (including phenoxy) is 4. The number of amides is 4. The van der Waals surface area contributed by atoms with E-state index in [0.717, 1.165) is 43.6 Å². The Kier molecular flexibility index (Phi) is 20.0. The van der Waals surface area contributed by atoms with Gasteiger partial charge in [0.25, 0.3) is 11.8 Å². The van der Waals surface area contributed by atoms with Crippen LogP contribution in [0.4, 0.5) is 11.6 Å². The fourth-order valence-electron chi connectivity index (χ4n) is 9.41. The van der Waals surface area contributed by atoms with E-state index in [9.17, 15) is 19.2 Å². The first-order valence-electron chi connectivity index (χ1n) is 27.3. The molecule has 438 valence electrons. The second-order valence-corrected chi connectivity index (χ2v) is 22.8. The van der Waals surface area contributed by atoms with Crippen molar-refractivity contribution >= 4 is 99.1 Å². The van der Waals surface area contributed by atoms with Gasteiger partial charge in [-0.1, -0.05) is 35.3 Å². The molecule has 3 fully saturated rings. The van der Waals surface area contributed by atoms with Crippen molar-refractivity contribution in [3.05, 3.63) is 158 Å². The molecule has 0 saturated carbocycles. The van der Waals surface area contributed by atoms with E-state index in [0.29, 0.717) is 123 Å². The maximum Gasteiger partial charge on any atom is 0.495 e. The topological polar surface area (TPSA) is 258 Å². The maximum atomic E-state index is 12.7. The van der Waals surface area contributed by atoms with Gasteiger partial charge in [0.1, 0.15) is 39.9 Å². The van der Waals surface area contributed by atoms with Gasteiger partial charge in [-0.25, -0.2) is 15.0 Å². The molecule has 2 unspecified atom stereocenters. The van der Waals surface area contributed by atoms with Crippen LogP contribution in [0.15, 0.2) is 114 Å². The summed E-state index contributed by atoms with van der Waals surface area (Å²) in [7, 11) is -0.501. The van der Waals surface area contributed by atoms with E-state index >= 15 is 0 Å². The quantitative estimate of drug-likeness (QED) is 0.0544. The molecule has 5 aliphatic heterocycles. The number of hydrogen-bond acceptors (Lipinski definition) is 16. The molecule has 2 aromatic carbocycles. The maximum absolute atomic E-state index is 12.7. The van der Waals surface area contributed by atoms with Crippen LogP contribution in [0.2, 0.25) is 10.0 Å². The molecule has 6 aromatic rings. The van der Waals surface area contributed by atoms with Gasteiger partial charge in [0, 0.05) is 87.1 Å². The van der Waals surface area contributed by atoms with Crippen LogP contribution in [-0.4, -0.2) is 150 Å². The summed E-state index contributed by atoms with van der Waals surface area (Å²) in [5.74, 6) is 1.58. The molecule has 11 rings (SSSR count). The lowest BCUT2D eigenvalue weighted by atomic mass is 9.75. The molecule has 5 aliphatic rings. The highest BCUT2D eigenvalue weighted by atomic mass is 79.9. The predicted octanol–water partition coefficient (Wildman–Crippen LogP) is 7.05. The molecule has 9 heterocycles. The first-order valence-corrected chi connectivity index (χ1v) is 28.8. The lowest BCUT2D eigenvalue weighted by molar-refractivity contribution is -0.117. The first kappa shape index (κ1) is 61.1. The number of nitrogens with zero attached hydrogens (tertiary/aromatic N) is 6. The Labute approximate surface area is 505 Å². The summed E-state index contributed by atoms with van der Waals surface area (Å²) in [6.07, 6.45) is 13.3. The predicted molar refractivity (Wildman–Crippen MR) is 325 cm³/mol. The summed E-state index contributed by atoms with van der Waals surface area (Å²) >= 11 is 16.1. The summed E-state index contributed by atoms with van der Waals surface area (Å²) < 4.78 is 35.8. The van der Waals surface area contributed by atoms with Crippen molar-refractivity contribution in [3.8, 4) is 22.8 Å². The van der Waals surface area contributed by atoms with Crippen LogP contribution in [0.3, 0.4) is 0 Å². The van der Waals surface area contributed by atoms with Crippen LogP contribution in [-0.2, 0) is 41.2 Å². The first-order chi connectivity index (χ1) is 40.3. The molecule has 4 amide bonds. The van der Waals surface area contributed by atoms with E-state index in [1.165, 1.54) is 12.2 Å². The molecule has 0 aliphatic carbocycles. The Morgan fingerprint density at radius 2 is 1.10 bits per heavy atom. The fraction of sp³-hybridized carbons (Fsp3) is 0.333. The third-order valence-electron chi connectivity index (χ3n) is 14.7. The molecule has 2 atom stereocenters. The molecule has 4 aromatic heterocycles. The monoisotopic (exact) mass is 1240 g/mol. The van der Waals surface area contributed by atoms with Gasteiger partial charge < -0.3 is 60.2 Å². The van der Waals surface area contributed by atoms with Gasteiger partial charge in [-0.3, -0.25) is 24.2 Å². The van der Waals surface area contributed by atoms with Gasteiger partial charge >= 0.3 is 7.12 Å². The molecule has 6 N–H and O–H groups in total. The minimum Gasteiger partial charge on any atom is -0.486 e. The van der Waals surface area contributed by atoms with Gasteiger partial charge in [-0.05, 0) is 139 Å². The zero-order valence-electron chi connectivity index (χ0n) is 46.8. The smallest absolute Gasteiger partial charge is 0.486 e. The average molecular weight is 1250 g/mol.